The van der Waals surface area contributed by atoms with Gasteiger partial charge in [0.2, 0.25) is 0 Å². The summed E-state index contributed by atoms with van der Waals surface area (Å²) in [5.74, 6) is 0. The molecule has 3 nitrogen and oxygen atoms in total. The Kier molecular flexibility index (Phi) is 4.44. The molecule has 0 bridgehead atoms. The maximum absolute atomic E-state index is 4.74. The van der Waals surface area contributed by atoms with E-state index in [9.17, 15) is 0 Å². The van der Waals surface area contributed by atoms with Crippen LogP contribution in [0.15, 0.2) is 18.3 Å². The number of nitrogens with one attached hydrogen (secondary N) is 1. The summed E-state index contributed by atoms with van der Waals surface area (Å²) >= 11 is 1.76. The molecule has 18 heavy (non-hydrogen) atoms. The summed E-state index contributed by atoms with van der Waals surface area (Å²) in [5.41, 5.74) is 3.50. The van der Waals surface area contributed by atoms with Crippen molar-refractivity contribution in [3.8, 4) is 10.7 Å². The van der Waals surface area contributed by atoms with Crippen LogP contribution in [0, 0.1) is 0 Å². The Hall–Kier alpha value is -1.26. The summed E-state index contributed by atoms with van der Waals surface area (Å²) < 4.78 is 0. The number of aryl methyl sites for hydroxylation is 2. The summed E-state index contributed by atoms with van der Waals surface area (Å²) in [6.07, 6.45) is 3.81. The van der Waals surface area contributed by atoms with E-state index in [1.54, 1.807) is 11.3 Å². The maximum Gasteiger partial charge on any atom is 0.142 e. The van der Waals surface area contributed by atoms with Crippen LogP contribution in [-0.2, 0) is 19.4 Å². The Bertz CT molecular complexity index is 520. The number of hydrogen-bond acceptors (Lipinski definition) is 4. The highest BCUT2D eigenvalue weighted by molar-refractivity contribution is 7.15. The molecule has 0 atom stereocenters. The van der Waals surface area contributed by atoms with Gasteiger partial charge in [-0.2, -0.15) is 0 Å². The first-order valence-electron chi connectivity index (χ1n) is 6.37. The van der Waals surface area contributed by atoms with Crippen molar-refractivity contribution >= 4 is 11.3 Å². The van der Waals surface area contributed by atoms with Crippen LogP contribution in [0.25, 0.3) is 10.7 Å². The van der Waals surface area contributed by atoms with Crippen molar-refractivity contribution in [3.63, 3.8) is 0 Å². The van der Waals surface area contributed by atoms with E-state index in [1.807, 2.05) is 19.3 Å². The van der Waals surface area contributed by atoms with Gasteiger partial charge in [-0.15, -0.1) is 11.3 Å². The summed E-state index contributed by atoms with van der Waals surface area (Å²) in [5, 5.41) is 4.25. The van der Waals surface area contributed by atoms with Crippen LogP contribution >= 0.6 is 11.3 Å². The van der Waals surface area contributed by atoms with Crippen molar-refractivity contribution in [3.05, 3.63) is 34.5 Å². The first-order valence-corrected chi connectivity index (χ1v) is 7.19. The molecular formula is C14H19N3S. The molecule has 2 rings (SSSR count). The predicted octanol–water partition coefficient (Wildman–Crippen LogP) is 3.05. The third-order valence-corrected chi connectivity index (χ3v) is 4.03. The highest BCUT2D eigenvalue weighted by atomic mass is 32.1. The first-order chi connectivity index (χ1) is 8.80. The molecule has 0 amide bonds. The van der Waals surface area contributed by atoms with Crippen LogP contribution in [0.4, 0.5) is 0 Å². The molecule has 0 spiro atoms. The predicted molar refractivity (Wildman–Crippen MR) is 76.9 cm³/mol. The average Bonchev–Trinajstić information content (AvgIpc) is 2.82. The standard InChI is InChI=1S/C14H19N3S/c1-4-10-7-6-8-16-13(10)14-17-11(5-2)12(18-14)9-15-3/h6-8,15H,4-5,9H2,1-3H3. The minimum absolute atomic E-state index is 0.884. The minimum atomic E-state index is 0.884. The molecule has 0 aromatic carbocycles. The Morgan fingerprint density at radius 1 is 1.28 bits per heavy atom. The first kappa shape index (κ1) is 13.2. The molecule has 4 heteroatoms. The van der Waals surface area contributed by atoms with Crippen molar-refractivity contribution in [1.82, 2.24) is 15.3 Å². The fraction of sp³-hybridized carbons (Fsp3) is 0.429. The van der Waals surface area contributed by atoms with Gasteiger partial charge in [-0.05, 0) is 31.5 Å². The number of pyridine rings is 1. The molecule has 0 aliphatic rings. The van der Waals surface area contributed by atoms with E-state index >= 15 is 0 Å². The quantitative estimate of drug-likeness (QED) is 0.899. The molecule has 0 saturated heterocycles. The molecule has 0 unspecified atom stereocenters. The molecule has 0 aliphatic heterocycles. The maximum atomic E-state index is 4.74. The lowest BCUT2D eigenvalue weighted by Crippen LogP contribution is -2.05. The molecule has 0 aliphatic carbocycles. The Balaban J connectivity index is 2.44. The summed E-state index contributed by atoms with van der Waals surface area (Å²) in [6, 6.07) is 4.12. The van der Waals surface area contributed by atoms with Gasteiger partial charge in [-0.3, -0.25) is 4.98 Å². The topological polar surface area (TPSA) is 37.8 Å². The van der Waals surface area contributed by atoms with Crippen LogP contribution < -0.4 is 5.32 Å². The smallest absolute Gasteiger partial charge is 0.142 e. The van der Waals surface area contributed by atoms with E-state index < -0.39 is 0 Å². The van der Waals surface area contributed by atoms with E-state index in [2.05, 4.69) is 30.2 Å². The third-order valence-electron chi connectivity index (χ3n) is 2.93. The normalized spacial score (nSPS) is 10.8. The molecule has 1 N–H and O–H groups in total. The van der Waals surface area contributed by atoms with Gasteiger partial charge < -0.3 is 5.32 Å². The monoisotopic (exact) mass is 261 g/mol. The molecule has 96 valence electrons. The second-order valence-electron chi connectivity index (χ2n) is 4.14. The largest absolute Gasteiger partial charge is 0.315 e. The molecule has 2 aromatic heterocycles. The van der Waals surface area contributed by atoms with E-state index in [4.69, 9.17) is 4.98 Å². The molecule has 0 radical (unpaired) electrons. The summed E-state index contributed by atoms with van der Waals surface area (Å²) in [4.78, 5) is 10.6. The summed E-state index contributed by atoms with van der Waals surface area (Å²) in [7, 11) is 1.97. The van der Waals surface area contributed by atoms with Gasteiger partial charge in [0.1, 0.15) is 10.7 Å². The van der Waals surface area contributed by atoms with Crippen molar-refractivity contribution in [1.29, 1.82) is 0 Å². The Morgan fingerprint density at radius 3 is 2.78 bits per heavy atom. The second-order valence-corrected chi connectivity index (χ2v) is 5.22. The number of rotatable bonds is 5. The van der Waals surface area contributed by atoms with Gasteiger partial charge in [0.15, 0.2) is 0 Å². The van der Waals surface area contributed by atoms with Gasteiger partial charge >= 0.3 is 0 Å². The zero-order valence-electron chi connectivity index (χ0n) is 11.2. The Labute approximate surface area is 112 Å². The average molecular weight is 261 g/mol. The van der Waals surface area contributed by atoms with Gasteiger partial charge in [-0.1, -0.05) is 19.9 Å². The van der Waals surface area contributed by atoms with Crippen molar-refractivity contribution in [2.75, 3.05) is 7.05 Å². The lowest BCUT2D eigenvalue weighted by Gasteiger charge is -2.02. The van der Waals surface area contributed by atoms with Crippen molar-refractivity contribution < 1.29 is 0 Å². The second kappa shape index (κ2) is 6.07. The van der Waals surface area contributed by atoms with Crippen LogP contribution in [-0.4, -0.2) is 17.0 Å². The Morgan fingerprint density at radius 2 is 2.11 bits per heavy atom. The van der Waals surface area contributed by atoms with E-state index in [0.717, 1.165) is 30.1 Å². The lowest BCUT2D eigenvalue weighted by molar-refractivity contribution is 0.814. The van der Waals surface area contributed by atoms with Gasteiger partial charge in [0.25, 0.3) is 0 Å². The highest BCUT2D eigenvalue weighted by Gasteiger charge is 2.13. The van der Waals surface area contributed by atoms with E-state index in [-0.39, 0.29) is 0 Å². The van der Waals surface area contributed by atoms with Gasteiger partial charge in [0.05, 0.1) is 5.69 Å². The van der Waals surface area contributed by atoms with E-state index in [1.165, 1.54) is 16.1 Å². The molecule has 0 fully saturated rings. The fourth-order valence-corrected chi connectivity index (χ4v) is 3.17. The van der Waals surface area contributed by atoms with Crippen molar-refractivity contribution in [2.24, 2.45) is 0 Å². The molecule has 0 saturated carbocycles. The fourth-order valence-electron chi connectivity index (χ4n) is 1.98. The number of nitrogens with zero attached hydrogens (tertiary/aromatic N) is 2. The molecule has 2 heterocycles. The van der Waals surface area contributed by atoms with Crippen molar-refractivity contribution in [2.45, 2.75) is 33.2 Å². The van der Waals surface area contributed by atoms with Gasteiger partial charge in [-0.25, -0.2) is 4.98 Å². The lowest BCUT2D eigenvalue weighted by atomic mass is 10.1. The molecular weight excluding hydrogens is 242 g/mol. The number of aromatic nitrogens is 2. The minimum Gasteiger partial charge on any atom is -0.315 e. The molecule has 2 aromatic rings. The van der Waals surface area contributed by atoms with Gasteiger partial charge in [0, 0.05) is 17.6 Å². The van der Waals surface area contributed by atoms with E-state index in [0.29, 0.717) is 0 Å². The summed E-state index contributed by atoms with van der Waals surface area (Å²) in [6.45, 7) is 5.19. The highest BCUT2D eigenvalue weighted by Crippen LogP contribution is 2.29. The third kappa shape index (κ3) is 2.60. The number of thiazole rings is 1. The zero-order chi connectivity index (χ0) is 13.0. The van der Waals surface area contributed by atoms with Crippen LogP contribution in [0.3, 0.4) is 0 Å². The van der Waals surface area contributed by atoms with Crippen LogP contribution in [0.2, 0.25) is 0 Å². The van der Waals surface area contributed by atoms with Crippen LogP contribution in [0.1, 0.15) is 30.0 Å². The zero-order valence-corrected chi connectivity index (χ0v) is 12.0. The number of hydrogen-bond donors (Lipinski definition) is 1. The van der Waals surface area contributed by atoms with Crippen LogP contribution in [0.5, 0.6) is 0 Å². The SMILES string of the molecule is CCc1cccnc1-c1nc(CC)c(CNC)s1.